The van der Waals surface area contributed by atoms with Crippen molar-refractivity contribution in [3.63, 3.8) is 0 Å². The van der Waals surface area contributed by atoms with E-state index in [9.17, 15) is 9.59 Å². The van der Waals surface area contributed by atoms with Crippen molar-refractivity contribution in [2.24, 2.45) is 4.99 Å². The Morgan fingerprint density at radius 1 is 1.07 bits per heavy atom. The van der Waals surface area contributed by atoms with E-state index in [4.69, 9.17) is 32.9 Å². The van der Waals surface area contributed by atoms with Crippen LogP contribution in [0.15, 0.2) is 94.0 Å². The summed E-state index contributed by atoms with van der Waals surface area (Å²) in [4.78, 5) is 34.7. The van der Waals surface area contributed by atoms with Gasteiger partial charge in [-0.3, -0.25) is 9.36 Å². The highest BCUT2D eigenvalue weighted by molar-refractivity contribution is 7.07. The Bertz CT molecular complexity index is 2120. The lowest BCUT2D eigenvalue weighted by Crippen LogP contribution is -2.39. The molecule has 0 N–H and O–H groups in total. The molecular weight excluding hydrogens is 615 g/mol. The first-order valence-electron chi connectivity index (χ1n) is 14.1. The molecule has 1 aliphatic rings. The number of para-hydroxylation sites is 1. The van der Waals surface area contributed by atoms with Crippen LogP contribution in [-0.2, 0) is 16.1 Å². The van der Waals surface area contributed by atoms with E-state index in [2.05, 4.69) is 10.6 Å². The first kappa shape index (κ1) is 29.9. The number of thiazole rings is 1. The van der Waals surface area contributed by atoms with Crippen LogP contribution in [0.4, 0.5) is 5.69 Å². The standard InChI is InChI=1S/C34H30Cl2N4O3S/c1-5-43-33(42)30-20(2)37-34-40(31(30)22-11-13-24(14-12-22)38(3)4)32(41)29(44-34)17-23-19-39(28-9-7-6-8-25(23)28)18-21-10-15-26(35)27(36)16-21/h6-17,19,31H,5,18H2,1-4H3/b29-17+. The third kappa shape index (κ3) is 5.49. The van der Waals surface area contributed by atoms with E-state index in [0.29, 0.717) is 37.2 Å². The summed E-state index contributed by atoms with van der Waals surface area (Å²) in [7, 11) is 3.93. The molecule has 1 unspecified atom stereocenters. The molecule has 1 aliphatic heterocycles. The molecule has 6 rings (SSSR count). The molecular formula is C34H30Cl2N4O3S. The van der Waals surface area contributed by atoms with Gasteiger partial charge >= 0.3 is 5.97 Å². The maximum absolute atomic E-state index is 14.2. The summed E-state index contributed by atoms with van der Waals surface area (Å²) in [5.74, 6) is -0.477. The van der Waals surface area contributed by atoms with Crippen molar-refractivity contribution in [1.82, 2.24) is 9.13 Å². The summed E-state index contributed by atoms with van der Waals surface area (Å²) in [6, 6.07) is 20.9. The van der Waals surface area contributed by atoms with Gasteiger partial charge in [-0.25, -0.2) is 9.79 Å². The van der Waals surface area contributed by atoms with Gasteiger partial charge in [-0.2, -0.15) is 0 Å². The molecule has 0 saturated carbocycles. The van der Waals surface area contributed by atoms with Crippen LogP contribution in [0.1, 0.15) is 36.6 Å². The number of aromatic nitrogens is 2. The third-order valence-corrected chi connectivity index (χ3v) is 9.41. The highest BCUT2D eigenvalue weighted by Crippen LogP contribution is 2.32. The van der Waals surface area contributed by atoms with Crippen LogP contribution < -0.4 is 19.8 Å². The van der Waals surface area contributed by atoms with Gasteiger partial charge in [0.15, 0.2) is 4.80 Å². The predicted octanol–water partition coefficient (Wildman–Crippen LogP) is 6.17. The maximum Gasteiger partial charge on any atom is 0.338 e. The number of carbonyl (C=O) groups is 1. The predicted molar refractivity (Wildman–Crippen MR) is 179 cm³/mol. The van der Waals surface area contributed by atoms with Crippen LogP contribution in [0.3, 0.4) is 0 Å². The number of nitrogens with zero attached hydrogens (tertiary/aromatic N) is 4. The molecule has 0 spiro atoms. The molecule has 3 heterocycles. The number of carbonyl (C=O) groups excluding carboxylic acids is 1. The molecule has 2 aromatic heterocycles. The van der Waals surface area contributed by atoms with Crippen LogP contribution in [0.2, 0.25) is 10.0 Å². The highest BCUT2D eigenvalue weighted by atomic mass is 35.5. The van der Waals surface area contributed by atoms with Gasteiger partial charge in [0.1, 0.15) is 0 Å². The fraction of sp³-hybridized carbons (Fsp3) is 0.206. The second kappa shape index (κ2) is 12.1. The summed E-state index contributed by atoms with van der Waals surface area (Å²) >= 11 is 13.7. The molecule has 5 aromatic rings. The first-order valence-corrected chi connectivity index (χ1v) is 15.7. The molecule has 7 nitrogen and oxygen atoms in total. The molecule has 1 atom stereocenters. The molecule has 0 saturated heterocycles. The Morgan fingerprint density at radius 2 is 1.82 bits per heavy atom. The fourth-order valence-corrected chi connectivity index (χ4v) is 6.92. The molecule has 0 fully saturated rings. The normalized spacial score (nSPS) is 15.0. The summed E-state index contributed by atoms with van der Waals surface area (Å²) in [5.41, 5.74) is 5.43. The summed E-state index contributed by atoms with van der Waals surface area (Å²) in [6.45, 7) is 4.36. The zero-order valence-corrected chi connectivity index (χ0v) is 27.0. The number of benzene rings is 3. The number of rotatable bonds is 7. The Morgan fingerprint density at radius 3 is 2.52 bits per heavy atom. The highest BCUT2D eigenvalue weighted by Gasteiger charge is 2.33. The number of fused-ring (bicyclic) bond motifs is 2. The van der Waals surface area contributed by atoms with Crippen LogP contribution in [-0.4, -0.2) is 35.8 Å². The van der Waals surface area contributed by atoms with Gasteiger partial charge < -0.3 is 14.2 Å². The molecule has 0 bridgehead atoms. The molecule has 44 heavy (non-hydrogen) atoms. The Labute approximate surface area is 268 Å². The fourth-order valence-electron chi connectivity index (χ4n) is 5.56. The van der Waals surface area contributed by atoms with Crippen molar-refractivity contribution in [3.8, 4) is 0 Å². The molecule has 10 heteroatoms. The largest absolute Gasteiger partial charge is 0.463 e. The number of ether oxygens (including phenoxy) is 1. The van der Waals surface area contributed by atoms with Gasteiger partial charge in [-0.05, 0) is 61.4 Å². The van der Waals surface area contributed by atoms with E-state index in [-0.39, 0.29) is 12.2 Å². The maximum atomic E-state index is 14.2. The summed E-state index contributed by atoms with van der Waals surface area (Å²) in [6.07, 6.45) is 3.95. The molecule has 0 aliphatic carbocycles. The lowest BCUT2D eigenvalue weighted by molar-refractivity contribution is -0.139. The van der Waals surface area contributed by atoms with Crippen LogP contribution in [0.25, 0.3) is 17.0 Å². The number of anilines is 1. The Kier molecular flexibility index (Phi) is 8.24. The van der Waals surface area contributed by atoms with E-state index in [1.165, 1.54) is 11.3 Å². The minimum Gasteiger partial charge on any atom is -0.463 e. The van der Waals surface area contributed by atoms with Gasteiger partial charge in [-0.1, -0.05) is 70.9 Å². The Hall–Kier alpha value is -4.11. The van der Waals surface area contributed by atoms with Crippen molar-refractivity contribution < 1.29 is 9.53 Å². The van der Waals surface area contributed by atoms with Crippen molar-refractivity contribution >= 4 is 63.2 Å². The molecule has 3 aromatic carbocycles. The summed E-state index contributed by atoms with van der Waals surface area (Å²) < 4.78 is 9.71. The minimum atomic E-state index is -0.667. The Balaban J connectivity index is 1.50. The average Bonchev–Trinajstić information content (AvgIpc) is 3.50. The topological polar surface area (TPSA) is 68.8 Å². The lowest BCUT2D eigenvalue weighted by atomic mass is 9.95. The van der Waals surface area contributed by atoms with Crippen LogP contribution in [0.5, 0.6) is 0 Å². The number of hydrogen-bond donors (Lipinski definition) is 0. The van der Waals surface area contributed by atoms with Crippen LogP contribution in [0, 0.1) is 0 Å². The van der Waals surface area contributed by atoms with Gasteiger partial charge in [0.25, 0.3) is 5.56 Å². The smallest absolute Gasteiger partial charge is 0.338 e. The van der Waals surface area contributed by atoms with E-state index < -0.39 is 12.0 Å². The second-order valence-corrected chi connectivity index (χ2v) is 12.6. The molecule has 0 amide bonds. The minimum absolute atomic E-state index is 0.217. The van der Waals surface area contributed by atoms with E-state index >= 15 is 0 Å². The second-order valence-electron chi connectivity index (χ2n) is 10.8. The van der Waals surface area contributed by atoms with E-state index in [0.717, 1.165) is 33.3 Å². The van der Waals surface area contributed by atoms with Gasteiger partial charge in [-0.15, -0.1) is 0 Å². The van der Waals surface area contributed by atoms with Gasteiger partial charge in [0.2, 0.25) is 0 Å². The lowest BCUT2D eigenvalue weighted by Gasteiger charge is -2.25. The van der Waals surface area contributed by atoms with Crippen molar-refractivity contribution in [2.75, 3.05) is 25.6 Å². The number of hydrogen-bond acceptors (Lipinski definition) is 6. The van der Waals surface area contributed by atoms with Crippen molar-refractivity contribution in [1.29, 1.82) is 0 Å². The average molecular weight is 646 g/mol. The monoisotopic (exact) mass is 644 g/mol. The van der Waals surface area contributed by atoms with Gasteiger partial charge in [0, 0.05) is 49.0 Å². The number of allylic oxidation sites excluding steroid dienone is 1. The number of halogens is 2. The summed E-state index contributed by atoms with van der Waals surface area (Å²) in [5, 5.41) is 2.03. The number of esters is 1. The molecule has 0 radical (unpaired) electrons. The van der Waals surface area contributed by atoms with E-state index in [1.807, 2.05) is 85.9 Å². The van der Waals surface area contributed by atoms with E-state index in [1.54, 1.807) is 24.5 Å². The SMILES string of the molecule is CCOC(=O)C1=C(C)N=c2s/c(=C/c3cn(Cc4ccc(Cl)c(Cl)c4)c4ccccc34)c(=O)n2C1c1ccc(N(C)C)cc1. The van der Waals surface area contributed by atoms with Gasteiger partial charge in [0.05, 0.1) is 38.5 Å². The quantitative estimate of drug-likeness (QED) is 0.199. The van der Waals surface area contributed by atoms with Crippen molar-refractivity contribution in [3.05, 3.63) is 131 Å². The van der Waals surface area contributed by atoms with Crippen LogP contribution >= 0.6 is 34.5 Å². The zero-order valence-electron chi connectivity index (χ0n) is 24.7. The first-order chi connectivity index (χ1) is 21.2. The van der Waals surface area contributed by atoms with Crippen molar-refractivity contribution in [2.45, 2.75) is 26.4 Å². The molecule has 224 valence electrons. The third-order valence-electron chi connectivity index (χ3n) is 7.69. The zero-order chi connectivity index (χ0) is 31.1.